The van der Waals surface area contributed by atoms with E-state index in [2.05, 4.69) is 6.92 Å². The maximum Gasteiger partial charge on any atom is 0.306 e. The summed E-state index contributed by atoms with van der Waals surface area (Å²) in [5, 5.41) is 0. The molecule has 0 amide bonds. The third kappa shape index (κ3) is 8.71. The van der Waals surface area contributed by atoms with Crippen LogP contribution in [0.3, 0.4) is 0 Å². The Kier molecular flexibility index (Phi) is 9.62. The molecule has 0 aliphatic carbocycles. The lowest BCUT2D eigenvalue weighted by Gasteiger charge is -2.08. The van der Waals surface area contributed by atoms with Crippen molar-refractivity contribution in [3.8, 4) is 11.5 Å². The smallest absolute Gasteiger partial charge is 0.306 e. The molecule has 0 radical (unpaired) electrons. The van der Waals surface area contributed by atoms with E-state index in [0.717, 1.165) is 37.0 Å². The van der Waals surface area contributed by atoms with Crippen LogP contribution in [0.4, 0.5) is 0 Å². The molecule has 2 aromatic carbocycles. The van der Waals surface area contributed by atoms with Crippen molar-refractivity contribution in [2.75, 3.05) is 6.61 Å². The quantitative estimate of drug-likeness (QED) is 0.361. The van der Waals surface area contributed by atoms with Gasteiger partial charge in [0.25, 0.3) is 0 Å². The second-order valence-electron chi connectivity index (χ2n) is 6.50. The fraction of sp³-hybridized carbons (Fsp3) is 0.391. The highest BCUT2D eigenvalue weighted by Crippen LogP contribution is 2.21. The summed E-state index contributed by atoms with van der Waals surface area (Å²) in [6.45, 7) is 2.71. The van der Waals surface area contributed by atoms with Crippen LogP contribution in [0.5, 0.6) is 11.5 Å². The summed E-state index contributed by atoms with van der Waals surface area (Å²) in [4.78, 5) is 23.4. The fourth-order valence-corrected chi connectivity index (χ4v) is 2.51. The average molecular weight is 384 g/mol. The van der Waals surface area contributed by atoms with Gasteiger partial charge in [0, 0.05) is 0 Å². The van der Waals surface area contributed by atoms with E-state index in [1.54, 1.807) is 0 Å². The highest BCUT2D eigenvalue weighted by molar-refractivity contribution is 5.77. The van der Waals surface area contributed by atoms with E-state index in [9.17, 15) is 9.59 Å². The van der Waals surface area contributed by atoms with Gasteiger partial charge in [-0.2, -0.15) is 0 Å². The Morgan fingerprint density at radius 3 is 2.07 bits per heavy atom. The van der Waals surface area contributed by atoms with Crippen LogP contribution in [0.2, 0.25) is 0 Å². The Balaban J connectivity index is 1.62. The second-order valence-corrected chi connectivity index (χ2v) is 6.50. The number of hydrogen-bond acceptors (Lipinski definition) is 5. The van der Waals surface area contributed by atoms with Gasteiger partial charge in [0.15, 0.2) is 0 Å². The molecule has 0 fully saturated rings. The summed E-state index contributed by atoms with van der Waals surface area (Å²) in [5.41, 5.74) is 0.854. The predicted octanol–water partition coefficient (Wildman–Crippen LogP) is 5.43. The maximum absolute atomic E-state index is 11.8. The number of benzene rings is 2. The summed E-state index contributed by atoms with van der Waals surface area (Å²) in [7, 11) is 0. The maximum atomic E-state index is 11.8. The lowest BCUT2D eigenvalue weighted by Crippen LogP contribution is -2.11. The number of ether oxygens (including phenoxy) is 3. The zero-order chi connectivity index (χ0) is 20.0. The molecule has 28 heavy (non-hydrogen) atoms. The van der Waals surface area contributed by atoms with Crippen LogP contribution in [0.1, 0.15) is 51.0 Å². The van der Waals surface area contributed by atoms with Gasteiger partial charge in [0.1, 0.15) is 18.1 Å². The van der Waals surface area contributed by atoms with E-state index >= 15 is 0 Å². The van der Waals surface area contributed by atoms with E-state index in [1.165, 1.54) is 0 Å². The highest BCUT2D eigenvalue weighted by Gasteiger charge is 2.09. The fourth-order valence-electron chi connectivity index (χ4n) is 2.51. The average Bonchev–Trinajstić information content (AvgIpc) is 2.72. The molecule has 0 unspecified atom stereocenters. The van der Waals surface area contributed by atoms with Crippen LogP contribution in [-0.2, 0) is 25.7 Å². The Morgan fingerprint density at radius 1 is 0.750 bits per heavy atom. The van der Waals surface area contributed by atoms with Crippen molar-refractivity contribution in [1.29, 1.82) is 0 Å². The molecule has 5 heteroatoms. The molecular weight excluding hydrogens is 356 g/mol. The number of unbranched alkanes of at least 4 members (excludes halogenated alkanes) is 3. The summed E-state index contributed by atoms with van der Waals surface area (Å²) >= 11 is 0. The van der Waals surface area contributed by atoms with E-state index in [4.69, 9.17) is 14.2 Å². The zero-order valence-corrected chi connectivity index (χ0v) is 16.4. The molecule has 0 atom stereocenters. The van der Waals surface area contributed by atoms with Crippen molar-refractivity contribution in [1.82, 2.24) is 0 Å². The molecule has 2 aromatic rings. The summed E-state index contributed by atoms with van der Waals surface area (Å²) in [5.74, 6) is 0.713. The van der Waals surface area contributed by atoms with Crippen LogP contribution < -0.4 is 4.74 Å². The van der Waals surface area contributed by atoms with Crippen LogP contribution in [-0.4, -0.2) is 18.5 Å². The first kappa shape index (κ1) is 21.5. The molecule has 5 nitrogen and oxygen atoms in total. The van der Waals surface area contributed by atoms with Gasteiger partial charge in [-0.05, 0) is 36.2 Å². The summed E-state index contributed by atoms with van der Waals surface area (Å²) < 4.78 is 16.0. The van der Waals surface area contributed by atoms with Crippen molar-refractivity contribution in [2.24, 2.45) is 0 Å². The van der Waals surface area contributed by atoms with E-state index < -0.39 is 5.97 Å². The molecule has 0 aliphatic heterocycles. The monoisotopic (exact) mass is 384 g/mol. The molecule has 150 valence electrons. The normalized spacial score (nSPS) is 10.3. The lowest BCUT2D eigenvalue weighted by atomic mass is 10.2. The standard InChI is InChI=1S/C23H28O5/c1-2-3-4-8-17-26-22(24)15-16-23(25)27-18-19-11-13-21(14-12-19)28-20-9-6-5-7-10-20/h5-7,9-14H,2-4,8,15-18H2,1H3. The Labute approximate surface area is 166 Å². The minimum absolute atomic E-state index is 0.0307. The molecule has 0 aromatic heterocycles. The predicted molar refractivity (Wildman–Crippen MR) is 107 cm³/mol. The molecule has 0 N–H and O–H groups in total. The lowest BCUT2D eigenvalue weighted by molar-refractivity contribution is -0.151. The molecule has 0 saturated heterocycles. The van der Waals surface area contributed by atoms with Crippen molar-refractivity contribution < 1.29 is 23.8 Å². The van der Waals surface area contributed by atoms with Crippen molar-refractivity contribution in [3.63, 3.8) is 0 Å². The van der Waals surface area contributed by atoms with E-state index in [1.807, 2.05) is 54.6 Å². The van der Waals surface area contributed by atoms with Gasteiger partial charge in [-0.25, -0.2) is 0 Å². The minimum Gasteiger partial charge on any atom is -0.466 e. The number of para-hydroxylation sites is 1. The van der Waals surface area contributed by atoms with Gasteiger partial charge in [0.05, 0.1) is 19.4 Å². The first-order valence-electron chi connectivity index (χ1n) is 9.80. The van der Waals surface area contributed by atoms with Gasteiger partial charge in [-0.3, -0.25) is 9.59 Å². The third-order valence-electron chi connectivity index (χ3n) is 4.10. The molecule has 0 spiro atoms. The third-order valence-corrected chi connectivity index (χ3v) is 4.10. The Bertz CT molecular complexity index is 710. The molecule has 0 saturated carbocycles. The molecule has 2 rings (SSSR count). The summed E-state index contributed by atoms with van der Waals surface area (Å²) in [6.07, 6.45) is 4.29. The number of carbonyl (C=O) groups excluding carboxylic acids is 2. The van der Waals surface area contributed by atoms with Crippen LogP contribution in [0.15, 0.2) is 54.6 Å². The van der Waals surface area contributed by atoms with Gasteiger partial charge in [-0.1, -0.05) is 56.5 Å². The molecule has 0 heterocycles. The van der Waals surface area contributed by atoms with E-state index in [-0.39, 0.29) is 25.4 Å². The number of rotatable bonds is 12. The molecule has 0 bridgehead atoms. The van der Waals surface area contributed by atoms with Crippen molar-refractivity contribution in [2.45, 2.75) is 52.1 Å². The number of carbonyl (C=O) groups is 2. The number of esters is 2. The van der Waals surface area contributed by atoms with Gasteiger partial charge in [0.2, 0.25) is 0 Å². The highest BCUT2D eigenvalue weighted by atomic mass is 16.5. The Hall–Kier alpha value is -2.82. The van der Waals surface area contributed by atoms with Crippen LogP contribution in [0.25, 0.3) is 0 Å². The van der Waals surface area contributed by atoms with Crippen LogP contribution in [0, 0.1) is 0 Å². The van der Waals surface area contributed by atoms with Gasteiger partial charge < -0.3 is 14.2 Å². The largest absolute Gasteiger partial charge is 0.466 e. The van der Waals surface area contributed by atoms with Crippen molar-refractivity contribution in [3.05, 3.63) is 60.2 Å². The molecule has 0 aliphatic rings. The first-order valence-corrected chi connectivity index (χ1v) is 9.80. The van der Waals surface area contributed by atoms with Gasteiger partial charge >= 0.3 is 11.9 Å². The summed E-state index contributed by atoms with van der Waals surface area (Å²) in [6, 6.07) is 16.8. The zero-order valence-electron chi connectivity index (χ0n) is 16.4. The topological polar surface area (TPSA) is 61.8 Å². The first-order chi connectivity index (χ1) is 13.7. The second kappa shape index (κ2) is 12.5. The van der Waals surface area contributed by atoms with Gasteiger partial charge in [-0.15, -0.1) is 0 Å². The minimum atomic E-state index is -0.410. The number of hydrogen-bond donors (Lipinski definition) is 0. The van der Waals surface area contributed by atoms with Crippen molar-refractivity contribution >= 4 is 11.9 Å². The van der Waals surface area contributed by atoms with Crippen LogP contribution >= 0.6 is 0 Å². The van der Waals surface area contributed by atoms with E-state index in [0.29, 0.717) is 12.4 Å². The SMILES string of the molecule is CCCCCCOC(=O)CCC(=O)OCc1ccc(Oc2ccccc2)cc1. The molecular formula is C23H28O5. The Morgan fingerprint density at radius 2 is 1.39 bits per heavy atom.